The van der Waals surface area contributed by atoms with Gasteiger partial charge in [0.1, 0.15) is 0 Å². The molecule has 1 aliphatic heterocycles. The third-order valence-corrected chi connectivity index (χ3v) is 4.03. The van der Waals surface area contributed by atoms with E-state index in [1.165, 1.54) is 12.8 Å². The fraction of sp³-hybridized carbons (Fsp3) is 0.857. The molecule has 0 bridgehead atoms. The van der Waals surface area contributed by atoms with Gasteiger partial charge in [0.15, 0.2) is 5.96 Å². The second kappa shape index (κ2) is 5.80. The minimum absolute atomic E-state index is 0.241. The third kappa shape index (κ3) is 4.11. The van der Waals surface area contributed by atoms with Crippen molar-refractivity contribution >= 4 is 11.9 Å². The average Bonchev–Trinajstić information content (AvgIpc) is 3.10. The molecule has 5 nitrogen and oxygen atoms in total. The van der Waals surface area contributed by atoms with Crippen molar-refractivity contribution in [2.24, 2.45) is 10.4 Å². The van der Waals surface area contributed by atoms with Gasteiger partial charge in [-0.2, -0.15) is 0 Å². The maximum absolute atomic E-state index is 11.5. The summed E-state index contributed by atoms with van der Waals surface area (Å²) in [5, 5.41) is 6.74. The molecule has 0 aromatic heterocycles. The Bertz CT molecular complexity index is 362. The van der Waals surface area contributed by atoms with Crippen LogP contribution in [0.4, 0.5) is 0 Å². The molecule has 2 N–H and O–H groups in total. The van der Waals surface area contributed by atoms with Crippen molar-refractivity contribution in [1.82, 2.24) is 15.5 Å². The lowest BCUT2D eigenvalue weighted by Gasteiger charge is -2.31. The number of likely N-dealkylation sites (tertiary alicyclic amines) is 1. The summed E-state index contributed by atoms with van der Waals surface area (Å²) in [5.74, 6) is 1.13. The van der Waals surface area contributed by atoms with Crippen LogP contribution < -0.4 is 10.6 Å². The molecule has 2 rings (SSSR count). The molecule has 108 valence electrons. The summed E-state index contributed by atoms with van der Waals surface area (Å²) in [6.45, 7) is 6.88. The summed E-state index contributed by atoms with van der Waals surface area (Å²) in [4.78, 5) is 17.9. The summed E-state index contributed by atoms with van der Waals surface area (Å²) in [5.41, 5.74) is 0.432. The largest absolute Gasteiger partial charge is 0.357 e. The first-order valence-electron chi connectivity index (χ1n) is 7.31. The molecule has 1 amide bonds. The van der Waals surface area contributed by atoms with Gasteiger partial charge in [0.05, 0.1) is 0 Å². The van der Waals surface area contributed by atoms with Gasteiger partial charge < -0.3 is 15.5 Å². The molecule has 5 heteroatoms. The molecule has 19 heavy (non-hydrogen) atoms. The van der Waals surface area contributed by atoms with Crippen molar-refractivity contribution in [1.29, 1.82) is 0 Å². The van der Waals surface area contributed by atoms with Crippen molar-refractivity contribution in [3.05, 3.63) is 0 Å². The van der Waals surface area contributed by atoms with Gasteiger partial charge in [-0.15, -0.1) is 0 Å². The highest BCUT2D eigenvalue weighted by atomic mass is 16.2. The van der Waals surface area contributed by atoms with Crippen molar-refractivity contribution < 1.29 is 4.79 Å². The van der Waals surface area contributed by atoms with Crippen LogP contribution >= 0.6 is 0 Å². The van der Waals surface area contributed by atoms with Crippen LogP contribution in [0.1, 0.15) is 39.5 Å². The average molecular weight is 266 g/mol. The van der Waals surface area contributed by atoms with E-state index < -0.39 is 0 Å². The van der Waals surface area contributed by atoms with Gasteiger partial charge in [-0.1, -0.05) is 6.92 Å². The number of likely N-dealkylation sites (N-methyl/N-ethyl adjacent to an activating group) is 1. The molecule has 0 aromatic rings. The molecule has 0 aromatic carbocycles. The normalized spacial score (nSPS) is 26.3. The van der Waals surface area contributed by atoms with E-state index in [9.17, 15) is 4.79 Å². The zero-order chi connectivity index (χ0) is 13.9. The van der Waals surface area contributed by atoms with E-state index >= 15 is 0 Å². The van der Waals surface area contributed by atoms with E-state index in [2.05, 4.69) is 29.5 Å². The number of carbonyl (C=O) groups excluding carboxylic acids is 1. The van der Waals surface area contributed by atoms with Gasteiger partial charge in [-0.25, -0.2) is 0 Å². The number of piperidine rings is 1. The minimum Gasteiger partial charge on any atom is -0.357 e. The van der Waals surface area contributed by atoms with Gasteiger partial charge in [0, 0.05) is 39.1 Å². The Morgan fingerprint density at radius 1 is 1.53 bits per heavy atom. The lowest BCUT2D eigenvalue weighted by molar-refractivity contribution is -0.132. The molecular weight excluding hydrogens is 240 g/mol. The molecule has 1 heterocycles. The van der Waals surface area contributed by atoms with Crippen LogP contribution in [0.15, 0.2) is 4.99 Å². The van der Waals surface area contributed by atoms with Crippen LogP contribution in [0.25, 0.3) is 0 Å². The van der Waals surface area contributed by atoms with Gasteiger partial charge in [0.2, 0.25) is 5.91 Å². The Morgan fingerprint density at radius 2 is 2.26 bits per heavy atom. The van der Waals surface area contributed by atoms with Gasteiger partial charge in [-0.05, 0) is 31.6 Å². The number of aliphatic imine (C=N–C) groups is 1. The zero-order valence-electron chi connectivity index (χ0n) is 12.3. The number of amides is 1. The summed E-state index contributed by atoms with van der Waals surface area (Å²) in [6, 6.07) is 0.313. The first-order valence-corrected chi connectivity index (χ1v) is 7.31. The summed E-state index contributed by atoms with van der Waals surface area (Å²) < 4.78 is 0. The molecule has 1 aliphatic carbocycles. The number of rotatable bonds is 4. The van der Waals surface area contributed by atoms with Crippen LogP contribution in [-0.2, 0) is 4.79 Å². The van der Waals surface area contributed by atoms with Crippen LogP contribution in [0.5, 0.6) is 0 Å². The number of guanidine groups is 1. The first-order chi connectivity index (χ1) is 9.02. The molecule has 2 fully saturated rings. The first kappa shape index (κ1) is 14.2. The smallest absolute Gasteiger partial charge is 0.222 e. The van der Waals surface area contributed by atoms with Gasteiger partial charge >= 0.3 is 0 Å². The highest BCUT2D eigenvalue weighted by molar-refractivity contribution is 5.81. The summed E-state index contributed by atoms with van der Waals surface area (Å²) >= 11 is 0. The van der Waals surface area contributed by atoms with Gasteiger partial charge in [-0.3, -0.25) is 9.79 Å². The molecule has 1 saturated heterocycles. The number of hydrogen-bond donors (Lipinski definition) is 2. The number of nitrogens with one attached hydrogen (secondary N) is 2. The van der Waals surface area contributed by atoms with Crippen molar-refractivity contribution in [3.63, 3.8) is 0 Å². The predicted octanol–water partition coefficient (Wildman–Crippen LogP) is 0.962. The molecule has 0 spiro atoms. The molecule has 2 aliphatic rings. The molecular formula is C14H26N4O. The topological polar surface area (TPSA) is 56.7 Å². The Kier molecular flexibility index (Phi) is 4.32. The SMILES string of the molecule is CCNC(=NCC1(C)CC1)NC1CCC(=O)N(C)C1. The fourth-order valence-electron chi connectivity index (χ4n) is 2.28. The molecule has 1 unspecified atom stereocenters. The lowest BCUT2D eigenvalue weighted by Crippen LogP contribution is -2.51. The Morgan fingerprint density at radius 3 is 2.84 bits per heavy atom. The van der Waals surface area contributed by atoms with E-state index in [1.54, 1.807) is 4.90 Å². The second-order valence-electron chi connectivity index (χ2n) is 6.16. The highest BCUT2D eigenvalue weighted by Gasteiger charge is 2.37. The lowest BCUT2D eigenvalue weighted by atomic mass is 10.1. The van der Waals surface area contributed by atoms with Crippen molar-refractivity contribution in [2.45, 2.75) is 45.6 Å². The molecule has 1 atom stereocenters. The Balaban J connectivity index is 1.87. The monoisotopic (exact) mass is 266 g/mol. The second-order valence-corrected chi connectivity index (χ2v) is 6.16. The highest BCUT2D eigenvalue weighted by Crippen LogP contribution is 2.44. The zero-order valence-corrected chi connectivity index (χ0v) is 12.3. The van der Waals surface area contributed by atoms with E-state index in [1.807, 2.05) is 7.05 Å². The van der Waals surface area contributed by atoms with Gasteiger partial charge in [0.25, 0.3) is 0 Å². The molecule has 1 saturated carbocycles. The Hall–Kier alpha value is -1.26. The van der Waals surface area contributed by atoms with Crippen LogP contribution in [-0.4, -0.2) is 49.5 Å². The Labute approximate surface area is 115 Å². The standard InChI is InChI=1S/C14H26N4O/c1-4-15-13(16-10-14(2)7-8-14)17-11-5-6-12(19)18(3)9-11/h11H,4-10H2,1-3H3,(H2,15,16,17). The van der Waals surface area contributed by atoms with Crippen molar-refractivity contribution in [3.8, 4) is 0 Å². The van der Waals surface area contributed by atoms with E-state index in [4.69, 9.17) is 0 Å². The number of nitrogens with zero attached hydrogens (tertiary/aromatic N) is 2. The maximum Gasteiger partial charge on any atom is 0.222 e. The minimum atomic E-state index is 0.241. The van der Waals surface area contributed by atoms with E-state index in [0.717, 1.165) is 32.0 Å². The molecule has 0 radical (unpaired) electrons. The van der Waals surface area contributed by atoms with E-state index in [0.29, 0.717) is 17.9 Å². The number of hydrogen-bond acceptors (Lipinski definition) is 2. The number of carbonyl (C=O) groups is 1. The predicted molar refractivity (Wildman–Crippen MR) is 77.1 cm³/mol. The quantitative estimate of drug-likeness (QED) is 0.589. The van der Waals surface area contributed by atoms with Crippen LogP contribution in [0.3, 0.4) is 0 Å². The van der Waals surface area contributed by atoms with Crippen molar-refractivity contribution in [2.75, 3.05) is 26.7 Å². The maximum atomic E-state index is 11.5. The van der Waals surface area contributed by atoms with Crippen LogP contribution in [0.2, 0.25) is 0 Å². The summed E-state index contributed by atoms with van der Waals surface area (Å²) in [6.07, 6.45) is 4.10. The van der Waals surface area contributed by atoms with E-state index in [-0.39, 0.29) is 5.91 Å². The third-order valence-electron chi connectivity index (χ3n) is 4.03. The fourth-order valence-corrected chi connectivity index (χ4v) is 2.28. The van der Waals surface area contributed by atoms with Crippen LogP contribution in [0, 0.1) is 5.41 Å². The summed E-state index contributed by atoms with van der Waals surface area (Å²) in [7, 11) is 1.87.